The number of ether oxygens (including phenoxy) is 1. The summed E-state index contributed by atoms with van der Waals surface area (Å²) in [7, 11) is 0. The first kappa shape index (κ1) is 16.7. The van der Waals surface area contributed by atoms with Crippen LogP contribution in [-0.2, 0) is 9.53 Å². The van der Waals surface area contributed by atoms with E-state index in [0.717, 1.165) is 0 Å². The number of carbonyl (C=O) groups excluding carboxylic acids is 1. The lowest BCUT2D eigenvalue weighted by Gasteiger charge is -2.32. The first-order chi connectivity index (χ1) is 8.34. The molecule has 106 valence electrons. The SMILES string of the molecule is CCOC(=O)N(CC(C)C)C(C(=O)O)C(C)CC. The minimum Gasteiger partial charge on any atom is -0.480 e. The number of nitrogens with zero attached hydrogens (tertiary/aromatic N) is 1. The van der Waals surface area contributed by atoms with Gasteiger partial charge in [-0.1, -0.05) is 34.1 Å². The third-order valence-electron chi connectivity index (χ3n) is 2.84. The highest BCUT2D eigenvalue weighted by Gasteiger charge is 2.34. The molecule has 5 nitrogen and oxygen atoms in total. The van der Waals surface area contributed by atoms with Crippen LogP contribution in [0.2, 0.25) is 0 Å². The van der Waals surface area contributed by atoms with E-state index in [1.54, 1.807) is 6.92 Å². The number of carboxylic acids is 1. The van der Waals surface area contributed by atoms with E-state index in [1.807, 2.05) is 27.7 Å². The molecule has 1 amide bonds. The van der Waals surface area contributed by atoms with Crippen LogP contribution in [0.15, 0.2) is 0 Å². The van der Waals surface area contributed by atoms with Gasteiger partial charge in [0.05, 0.1) is 6.61 Å². The van der Waals surface area contributed by atoms with Crippen LogP contribution in [0.3, 0.4) is 0 Å². The van der Waals surface area contributed by atoms with Crippen LogP contribution in [0.25, 0.3) is 0 Å². The van der Waals surface area contributed by atoms with Crippen LogP contribution in [-0.4, -0.2) is 41.3 Å². The van der Waals surface area contributed by atoms with E-state index >= 15 is 0 Å². The van der Waals surface area contributed by atoms with E-state index in [0.29, 0.717) is 13.0 Å². The van der Waals surface area contributed by atoms with Gasteiger partial charge in [0.2, 0.25) is 0 Å². The van der Waals surface area contributed by atoms with Gasteiger partial charge in [-0.15, -0.1) is 0 Å². The summed E-state index contributed by atoms with van der Waals surface area (Å²) in [5.74, 6) is -0.885. The molecule has 0 spiro atoms. The van der Waals surface area contributed by atoms with Crippen LogP contribution >= 0.6 is 0 Å². The van der Waals surface area contributed by atoms with E-state index in [-0.39, 0.29) is 18.4 Å². The Morgan fingerprint density at radius 1 is 1.22 bits per heavy atom. The fraction of sp³-hybridized carbons (Fsp3) is 0.846. The van der Waals surface area contributed by atoms with Gasteiger partial charge in [-0.3, -0.25) is 4.90 Å². The molecule has 0 saturated carbocycles. The topological polar surface area (TPSA) is 66.8 Å². The van der Waals surface area contributed by atoms with Crippen LogP contribution in [0.1, 0.15) is 41.0 Å². The van der Waals surface area contributed by atoms with Crippen molar-refractivity contribution in [1.29, 1.82) is 0 Å². The van der Waals surface area contributed by atoms with Gasteiger partial charge in [-0.05, 0) is 18.8 Å². The molecule has 2 atom stereocenters. The molecule has 5 heteroatoms. The summed E-state index contributed by atoms with van der Waals surface area (Å²) in [5, 5.41) is 9.33. The van der Waals surface area contributed by atoms with E-state index in [9.17, 15) is 14.7 Å². The molecule has 0 bridgehead atoms. The van der Waals surface area contributed by atoms with Crippen LogP contribution < -0.4 is 0 Å². The first-order valence-electron chi connectivity index (χ1n) is 6.51. The lowest BCUT2D eigenvalue weighted by molar-refractivity contribution is -0.144. The highest BCUT2D eigenvalue weighted by molar-refractivity contribution is 5.80. The first-order valence-corrected chi connectivity index (χ1v) is 6.51. The number of aliphatic carboxylic acids is 1. The minimum absolute atomic E-state index is 0.106. The molecule has 0 rings (SSSR count). The van der Waals surface area contributed by atoms with Crippen molar-refractivity contribution in [3.05, 3.63) is 0 Å². The van der Waals surface area contributed by atoms with E-state index in [4.69, 9.17) is 4.74 Å². The van der Waals surface area contributed by atoms with Gasteiger partial charge in [0.15, 0.2) is 0 Å². The third kappa shape index (κ3) is 4.94. The van der Waals surface area contributed by atoms with Crippen molar-refractivity contribution >= 4 is 12.1 Å². The molecule has 0 radical (unpaired) electrons. The number of hydrogen-bond donors (Lipinski definition) is 1. The fourth-order valence-corrected chi connectivity index (χ4v) is 1.81. The largest absolute Gasteiger partial charge is 0.480 e. The Hall–Kier alpha value is -1.26. The molecule has 2 unspecified atom stereocenters. The summed E-state index contributed by atoms with van der Waals surface area (Å²) in [6.07, 6.45) is 0.157. The molecule has 0 aromatic carbocycles. The third-order valence-corrected chi connectivity index (χ3v) is 2.84. The summed E-state index contributed by atoms with van der Waals surface area (Å²) in [5.41, 5.74) is 0. The zero-order valence-corrected chi connectivity index (χ0v) is 12.0. The average Bonchev–Trinajstić information content (AvgIpc) is 2.27. The molecule has 0 aliphatic heterocycles. The van der Waals surface area contributed by atoms with Crippen molar-refractivity contribution in [2.75, 3.05) is 13.2 Å². The fourth-order valence-electron chi connectivity index (χ4n) is 1.81. The van der Waals surface area contributed by atoms with Gasteiger partial charge in [0.25, 0.3) is 0 Å². The predicted molar refractivity (Wildman–Crippen MR) is 69.4 cm³/mol. The Balaban J connectivity index is 5.09. The Morgan fingerprint density at radius 3 is 2.11 bits per heavy atom. The molecule has 0 saturated heterocycles. The zero-order chi connectivity index (χ0) is 14.3. The molecule has 0 aromatic rings. The number of hydrogen-bond acceptors (Lipinski definition) is 3. The van der Waals surface area contributed by atoms with Crippen molar-refractivity contribution in [2.45, 2.75) is 47.1 Å². The molecule has 0 aliphatic carbocycles. The smallest absolute Gasteiger partial charge is 0.410 e. The zero-order valence-electron chi connectivity index (χ0n) is 12.0. The highest BCUT2D eigenvalue weighted by Crippen LogP contribution is 2.18. The lowest BCUT2D eigenvalue weighted by Crippen LogP contribution is -2.50. The maximum absolute atomic E-state index is 11.9. The monoisotopic (exact) mass is 259 g/mol. The maximum atomic E-state index is 11.9. The second-order valence-corrected chi connectivity index (χ2v) is 4.91. The van der Waals surface area contributed by atoms with Crippen LogP contribution in [0, 0.1) is 11.8 Å². The highest BCUT2D eigenvalue weighted by atomic mass is 16.6. The number of carbonyl (C=O) groups is 2. The molecular formula is C13H25NO4. The number of rotatable bonds is 7. The average molecular weight is 259 g/mol. The summed E-state index contributed by atoms with van der Waals surface area (Å²) >= 11 is 0. The molecule has 0 aromatic heterocycles. The second-order valence-electron chi connectivity index (χ2n) is 4.91. The Bertz CT molecular complexity index is 278. The van der Waals surface area contributed by atoms with Gasteiger partial charge < -0.3 is 9.84 Å². The van der Waals surface area contributed by atoms with Gasteiger partial charge in [-0.25, -0.2) is 9.59 Å². The standard InChI is InChI=1S/C13H25NO4/c1-6-10(5)11(12(15)16)14(8-9(3)4)13(17)18-7-2/h9-11H,6-8H2,1-5H3,(H,15,16). The summed E-state index contributed by atoms with van der Waals surface area (Å²) in [6.45, 7) is 10.00. The quantitative estimate of drug-likeness (QED) is 0.763. The maximum Gasteiger partial charge on any atom is 0.410 e. The van der Waals surface area contributed by atoms with Gasteiger partial charge in [0.1, 0.15) is 6.04 Å². The summed E-state index contributed by atoms with van der Waals surface area (Å²) in [6, 6.07) is -0.823. The van der Waals surface area contributed by atoms with Crippen molar-refractivity contribution in [2.24, 2.45) is 11.8 Å². The van der Waals surface area contributed by atoms with Crippen molar-refractivity contribution in [3.63, 3.8) is 0 Å². The molecule has 0 fully saturated rings. The molecule has 1 N–H and O–H groups in total. The van der Waals surface area contributed by atoms with Crippen molar-refractivity contribution in [3.8, 4) is 0 Å². The molecular weight excluding hydrogens is 234 g/mol. The minimum atomic E-state index is -0.974. The predicted octanol–water partition coefficient (Wildman–Crippen LogP) is 2.60. The van der Waals surface area contributed by atoms with Crippen LogP contribution in [0.4, 0.5) is 4.79 Å². The summed E-state index contributed by atoms with van der Waals surface area (Å²) in [4.78, 5) is 24.6. The Morgan fingerprint density at radius 2 is 1.78 bits per heavy atom. The van der Waals surface area contributed by atoms with Crippen LogP contribution in [0.5, 0.6) is 0 Å². The molecule has 0 aliphatic rings. The van der Waals surface area contributed by atoms with Gasteiger partial charge in [0, 0.05) is 6.54 Å². The molecule has 0 heterocycles. The van der Waals surface area contributed by atoms with Gasteiger partial charge in [-0.2, -0.15) is 0 Å². The van der Waals surface area contributed by atoms with Gasteiger partial charge >= 0.3 is 12.1 Å². The summed E-state index contributed by atoms with van der Waals surface area (Å²) < 4.78 is 4.95. The number of amides is 1. The molecule has 18 heavy (non-hydrogen) atoms. The lowest BCUT2D eigenvalue weighted by atomic mass is 9.97. The van der Waals surface area contributed by atoms with E-state index in [1.165, 1.54) is 4.90 Å². The van der Waals surface area contributed by atoms with Crippen molar-refractivity contribution in [1.82, 2.24) is 4.90 Å². The number of carboxylic acid groups (broad SMARTS) is 1. The van der Waals surface area contributed by atoms with Crippen molar-refractivity contribution < 1.29 is 19.4 Å². The van der Waals surface area contributed by atoms with E-state index in [2.05, 4.69) is 0 Å². The Kier molecular flexibility index (Phi) is 7.39. The van der Waals surface area contributed by atoms with E-state index < -0.39 is 18.1 Å². The second kappa shape index (κ2) is 7.95. The Labute approximate surface area is 109 Å². The normalized spacial score (nSPS) is 14.1.